The van der Waals surface area contributed by atoms with Gasteiger partial charge in [0.1, 0.15) is 0 Å². The van der Waals surface area contributed by atoms with E-state index in [1.165, 1.54) is 12.1 Å². The van der Waals surface area contributed by atoms with E-state index in [4.69, 9.17) is 5.73 Å². The van der Waals surface area contributed by atoms with Gasteiger partial charge in [-0.05, 0) is 37.7 Å². The molecule has 18 heavy (non-hydrogen) atoms. The van der Waals surface area contributed by atoms with Crippen molar-refractivity contribution in [3.8, 4) is 0 Å². The van der Waals surface area contributed by atoms with E-state index < -0.39 is 0 Å². The molecule has 2 rings (SSSR count). The summed E-state index contributed by atoms with van der Waals surface area (Å²) in [6.45, 7) is 8.91. The maximum atomic E-state index is 6.08. The molecule has 1 heterocycles. The highest BCUT2D eigenvalue weighted by molar-refractivity contribution is 9.10. The molecule has 100 valence electrons. The van der Waals surface area contributed by atoms with Gasteiger partial charge in [0, 0.05) is 23.6 Å². The van der Waals surface area contributed by atoms with Gasteiger partial charge in [-0.3, -0.25) is 4.90 Å². The van der Waals surface area contributed by atoms with Crippen LogP contribution in [0, 0.1) is 0 Å². The molecule has 0 amide bonds. The second kappa shape index (κ2) is 5.93. The zero-order valence-electron chi connectivity index (χ0n) is 11.2. The molecule has 1 aromatic carbocycles. The fraction of sp³-hybridized carbons (Fsp3) is 0.571. The average molecular weight is 312 g/mol. The third-order valence-corrected chi connectivity index (χ3v) is 4.32. The summed E-state index contributed by atoms with van der Waals surface area (Å²) in [5.41, 5.74) is 8.12. The Morgan fingerprint density at radius 1 is 1.39 bits per heavy atom. The Hall–Kier alpha value is -0.740. The van der Waals surface area contributed by atoms with Crippen molar-refractivity contribution >= 4 is 27.3 Å². The maximum Gasteiger partial charge on any atom is 0.0611 e. The van der Waals surface area contributed by atoms with Crippen molar-refractivity contribution in [2.24, 2.45) is 0 Å². The number of nitrogens with zero attached hydrogens (tertiary/aromatic N) is 2. The van der Waals surface area contributed by atoms with Crippen molar-refractivity contribution in [3.05, 3.63) is 22.7 Å². The Balaban J connectivity index is 2.10. The summed E-state index contributed by atoms with van der Waals surface area (Å²) in [5, 5.41) is 0. The minimum atomic E-state index is 0.665. The van der Waals surface area contributed by atoms with Crippen molar-refractivity contribution < 1.29 is 0 Å². The van der Waals surface area contributed by atoms with E-state index >= 15 is 0 Å². The number of anilines is 2. The first kappa shape index (κ1) is 13.7. The van der Waals surface area contributed by atoms with Crippen LogP contribution < -0.4 is 10.6 Å². The number of hydrogen-bond acceptors (Lipinski definition) is 3. The van der Waals surface area contributed by atoms with Gasteiger partial charge in [0.25, 0.3) is 0 Å². The van der Waals surface area contributed by atoms with Gasteiger partial charge in [0.2, 0.25) is 0 Å². The number of nitrogen functional groups attached to an aromatic ring is 1. The van der Waals surface area contributed by atoms with Crippen LogP contribution in [-0.2, 0) is 0 Å². The van der Waals surface area contributed by atoms with Crippen LogP contribution in [0.3, 0.4) is 0 Å². The van der Waals surface area contributed by atoms with Crippen LogP contribution in [-0.4, -0.2) is 37.1 Å². The summed E-state index contributed by atoms with van der Waals surface area (Å²) in [5.74, 6) is 0. The number of halogens is 1. The number of benzene rings is 1. The van der Waals surface area contributed by atoms with Crippen LogP contribution >= 0.6 is 15.9 Å². The lowest BCUT2D eigenvalue weighted by Gasteiger charge is -2.27. The van der Waals surface area contributed by atoms with Crippen molar-refractivity contribution in [1.29, 1.82) is 0 Å². The molecule has 1 aliphatic rings. The van der Waals surface area contributed by atoms with Gasteiger partial charge in [-0.15, -0.1) is 0 Å². The van der Waals surface area contributed by atoms with Gasteiger partial charge in [-0.2, -0.15) is 0 Å². The van der Waals surface area contributed by atoms with E-state index in [0.717, 1.165) is 36.3 Å². The Morgan fingerprint density at radius 2 is 2.11 bits per heavy atom. The Kier molecular flexibility index (Phi) is 4.51. The maximum absolute atomic E-state index is 6.08. The molecule has 0 bridgehead atoms. The largest absolute Gasteiger partial charge is 0.397 e. The molecule has 1 atom stereocenters. The molecular weight excluding hydrogens is 290 g/mol. The predicted molar refractivity (Wildman–Crippen MR) is 82.1 cm³/mol. The first-order valence-corrected chi connectivity index (χ1v) is 7.49. The number of likely N-dealkylation sites (N-methyl/N-ethyl adjacent to an activating group) is 1. The minimum absolute atomic E-state index is 0.665. The minimum Gasteiger partial charge on any atom is -0.397 e. The molecule has 0 aliphatic carbocycles. The summed E-state index contributed by atoms with van der Waals surface area (Å²) >= 11 is 3.52. The quantitative estimate of drug-likeness (QED) is 0.868. The van der Waals surface area contributed by atoms with Crippen LogP contribution in [0.15, 0.2) is 22.7 Å². The normalized spacial score (nSPS) is 19.8. The highest BCUT2D eigenvalue weighted by Crippen LogP contribution is 2.30. The summed E-state index contributed by atoms with van der Waals surface area (Å²) in [6, 6.07) is 6.76. The smallest absolute Gasteiger partial charge is 0.0611 e. The molecule has 1 aromatic rings. The second-order valence-electron chi connectivity index (χ2n) is 4.81. The lowest BCUT2D eigenvalue weighted by Crippen LogP contribution is -2.37. The van der Waals surface area contributed by atoms with Gasteiger partial charge >= 0.3 is 0 Å². The second-order valence-corrected chi connectivity index (χ2v) is 5.73. The fourth-order valence-electron chi connectivity index (χ4n) is 2.79. The number of nitrogens with two attached hydrogens (primary N) is 1. The van der Waals surface area contributed by atoms with Gasteiger partial charge in [-0.25, -0.2) is 0 Å². The van der Waals surface area contributed by atoms with E-state index in [0.29, 0.717) is 6.04 Å². The Morgan fingerprint density at radius 3 is 2.78 bits per heavy atom. The third-order valence-electron chi connectivity index (χ3n) is 3.83. The molecule has 4 heteroatoms. The highest BCUT2D eigenvalue weighted by Gasteiger charge is 2.27. The molecule has 3 nitrogen and oxygen atoms in total. The van der Waals surface area contributed by atoms with Crippen molar-refractivity contribution in [3.63, 3.8) is 0 Å². The predicted octanol–water partition coefficient (Wildman–Crippen LogP) is 2.95. The van der Waals surface area contributed by atoms with Crippen molar-refractivity contribution in [2.45, 2.75) is 26.3 Å². The van der Waals surface area contributed by atoms with Crippen LogP contribution in [0.4, 0.5) is 11.4 Å². The highest BCUT2D eigenvalue weighted by atomic mass is 79.9. The molecular formula is C14H22BrN3. The number of hydrogen-bond donors (Lipinski definition) is 1. The standard InChI is InChI=1S/C14H22BrN3/c1-3-17(4-2)12-7-8-18(10-12)14-9-11(15)5-6-13(14)16/h5-6,9,12H,3-4,7-8,10,16H2,1-2H3. The zero-order chi connectivity index (χ0) is 13.1. The van der Waals surface area contributed by atoms with Crippen molar-refractivity contribution in [1.82, 2.24) is 4.90 Å². The topological polar surface area (TPSA) is 32.5 Å². The Labute approximate surface area is 118 Å². The van der Waals surface area contributed by atoms with E-state index in [9.17, 15) is 0 Å². The van der Waals surface area contributed by atoms with Crippen LogP contribution in [0.2, 0.25) is 0 Å². The SMILES string of the molecule is CCN(CC)C1CCN(c2cc(Br)ccc2N)C1. The fourth-order valence-corrected chi connectivity index (χ4v) is 3.14. The van der Waals surface area contributed by atoms with Crippen molar-refractivity contribution in [2.75, 3.05) is 36.8 Å². The Bertz CT molecular complexity index is 404. The average Bonchev–Trinajstić information content (AvgIpc) is 2.83. The third kappa shape index (κ3) is 2.81. The zero-order valence-corrected chi connectivity index (χ0v) is 12.8. The number of rotatable bonds is 4. The van der Waals surface area contributed by atoms with E-state index in [1.54, 1.807) is 0 Å². The van der Waals surface area contributed by atoms with Gasteiger partial charge < -0.3 is 10.6 Å². The van der Waals surface area contributed by atoms with E-state index in [2.05, 4.69) is 45.6 Å². The summed E-state index contributed by atoms with van der Waals surface area (Å²) in [6.07, 6.45) is 1.23. The van der Waals surface area contributed by atoms with E-state index in [1.807, 2.05) is 12.1 Å². The molecule has 0 saturated carbocycles. The monoisotopic (exact) mass is 311 g/mol. The van der Waals surface area contributed by atoms with Gasteiger partial charge in [0.15, 0.2) is 0 Å². The first-order valence-electron chi connectivity index (χ1n) is 6.69. The molecule has 0 spiro atoms. The van der Waals surface area contributed by atoms with Crippen LogP contribution in [0.1, 0.15) is 20.3 Å². The van der Waals surface area contributed by atoms with Gasteiger partial charge in [0.05, 0.1) is 11.4 Å². The van der Waals surface area contributed by atoms with Crippen LogP contribution in [0.5, 0.6) is 0 Å². The molecule has 1 saturated heterocycles. The van der Waals surface area contributed by atoms with E-state index in [-0.39, 0.29) is 0 Å². The summed E-state index contributed by atoms with van der Waals surface area (Å²) in [7, 11) is 0. The molecule has 2 N–H and O–H groups in total. The lowest BCUT2D eigenvalue weighted by molar-refractivity contribution is 0.232. The lowest BCUT2D eigenvalue weighted by atomic mass is 10.2. The first-order chi connectivity index (χ1) is 8.65. The summed E-state index contributed by atoms with van der Waals surface area (Å²) in [4.78, 5) is 4.94. The molecule has 1 fully saturated rings. The molecule has 0 radical (unpaired) electrons. The molecule has 0 aromatic heterocycles. The van der Waals surface area contributed by atoms with Gasteiger partial charge in [-0.1, -0.05) is 29.8 Å². The molecule has 1 aliphatic heterocycles. The summed E-state index contributed by atoms with van der Waals surface area (Å²) < 4.78 is 1.10. The molecule has 1 unspecified atom stereocenters. The van der Waals surface area contributed by atoms with Crippen LogP contribution in [0.25, 0.3) is 0 Å².